The van der Waals surface area contributed by atoms with E-state index in [4.69, 9.17) is 27.9 Å². The Morgan fingerprint density at radius 2 is 0.833 bits per heavy atom. The first-order valence-electron chi connectivity index (χ1n) is 0.567. The maximum atomic E-state index is 4.97. The van der Waals surface area contributed by atoms with Crippen LogP contribution in [-0.4, -0.2) is 11.0 Å². The first-order valence-corrected chi connectivity index (χ1v) is 7.01. The minimum absolute atomic E-state index is 0. The van der Waals surface area contributed by atoms with Crippen LogP contribution in [0, 0.1) is 0 Å². The Kier molecular flexibility index (Phi) is 25.3. The monoisotopic (exact) mass is 189 g/mol. The third-order valence-electron chi connectivity index (χ3n) is 0. The van der Waals surface area contributed by atoms with Crippen LogP contribution in [0.2, 0.25) is 0 Å². The van der Waals surface area contributed by atoms with E-state index in [1.54, 1.807) is 0 Å². The Hall–Kier alpha value is 1.50. The molecule has 0 bridgehead atoms. The summed E-state index contributed by atoms with van der Waals surface area (Å²) in [7, 11) is 14.9. The molecule has 0 spiro atoms. The van der Waals surface area contributed by atoms with E-state index in [0.717, 1.165) is 0 Å². The molecule has 0 aromatic heterocycles. The van der Waals surface area contributed by atoms with E-state index in [2.05, 4.69) is 0 Å². The molecular formula is H4Cl3O2Ti. The van der Waals surface area contributed by atoms with Gasteiger partial charge in [-0.2, -0.15) is 0 Å². The van der Waals surface area contributed by atoms with Crippen molar-refractivity contribution in [3.05, 3.63) is 0 Å². The van der Waals surface area contributed by atoms with Gasteiger partial charge in [0.2, 0.25) is 0 Å². The molecule has 0 aliphatic rings. The summed E-state index contributed by atoms with van der Waals surface area (Å²) in [5.74, 6) is 0. The van der Waals surface area contributed by atoms with Gasteiger partial charge in [0, 0.05) is 0 Å². The van der Waals surface area contributed by atoms with Gasteiger partial charge in [-0.15, -0.1) is 0 Å². The third-order valence-corrected chi connectivity index (χ3v) is 0. The van der Waals surface area contributed by atoms with Gasteiger partial charge < -0.3 is 11.0 Å². The molecule has 0 unspecified atom stereocenters. The van der Waals surface area contributed by atoms with E-state index in [1.165, 1.54) is 0 Å². The van der Waals surface area contributed by atoms with Gasteiger partial charge in [-0.05, 0) is 0 Å². The van der Waals surface area contributed by atoms with Gasteiger partial charge in [0.25, 0.3) is 0 Å². The molecule has 0 atom stereocenters. The van der Waals surface area contributed by atoms with Crippen molar-refractivity contribution in [2.24, 2.45) is 0 Å². The van der Waals surface area contributed by atoms with Crippen molar-refractivity contribution in [2.45, 2.75) is 0 Å². The molecule has 0 aliphatic heterocycles. The van der Waals surface area contributed by atoms with Crippen LogP contribution in [0.3, 0.4) is 0 Å². The Balaban J connectivity index is -0.0000000450. The van der Waals surface area contributed by atoms with Crippen molar-refractivity contribution in [2.75, 3.05) is 0 Å². The summed E-state index contributed by atoms with van der Waals surface area (Å²) in [6.07, 6.45) is 0. The SMILES string of the molecule is O.O.[Cl][Ti]([Cl])[Cl]. The second-order valence-corrected chi connectivity index (χ2v) is 7.95. The molecular weight excluding hydrogens is 186 g/mol. The van der Waals surface area contributed by atoms with E-state index in [9.17, 15) is 0 Å². The zero-order valence-electron chi connectivity index (χ0n) is 2.63. The van der Waals surface area contributed by atoms with Crippen LogP contribution >= 0.6 is 27.9 Å². The molecule has 6 heteroatoms. The molecule has 2 nitrogen and oxygen atoms in total. The van der Waals surface area contributed by atoms with Crippen LogP contribution < -0.4 is 0 Å². The van der Waals surface area contributed by atoms with Crippen molar-refractivity contribution >= 4 is 27.9 Å². The van der Waals surface area contributed by atoms with E-state index in [1.807, 2.05) is 0 Å². The quantitative estimate of drug-likeness (QED) is 0.497. The number of rotatable bonds is 0. The van der Waals surface area contributed by atoms with E-state index in [-0.39, 0.29) is 11.0 Å². The first-order chi connectivity index (χ1) is 1.73. The summed E-state index contributed by atoms with van der Waals surface area (Å²) in [6, 6.07) is 0. The van der Waals surface area contributed by atoms with Crippen LogP contribution in [0.15, 0.2) is 0 Å². The van der Waals surface area contributed by atoms with E-state index >= 15 is 0 Å². The van der Waals surface area contributed by atoms with Gasteiger partial charge in [-0.1, -0.05) is 0 Å². The van der Waals surface area contributed by atoms with Gasteiger partial charge in [0.05, 0.1) is 0 Å². The van der Waals surface area contributed by atoms with Gasteiger partial charge >= 0.3 is 42.6 Å². The minimum atomic E-state index is -1.92. The summed E-state index contributed by atoms with van der Waals surface area (Å²) in [5.41, 5.74) is 0. The normalized spacial score (nSPS) is 4.50. The summed E-state index contributed by atoms with van der Waals surface area (Å²) in [4.78, 5) is 0. The number of hydrogen-bond donors (Lipinski definition) is 0. The van der Waals surface area contributed by atoms with Gasteiger partial charge in [-0.25, -0.2) is 0 Å². The molecule has 0 saturated heterocycles. The number of hydrogen-bond acceptors (Lipinski definition) is 0. The van der Waals surface area contributed by atoms with Crippen molar-refractivity contribution in [3.8, 4) is 0 Å². The first kappa shape index (κ1) is 15.6. The zero-order valence-corrected chi connectivity index (χ0v) is 6.46. The average molecular weight is 190 g/mol. The fourth-order valence-electron chi connectivity index (χ4n) is 0. The van der Waals surface area contributed by atoms with E-state index < -0.39 is 14.7 Å². The second-order valence-electron chi connectivity index (χ2n) is 0.214. The molecule has 0 saturated carbocycles. The van der Waals surface area contributed by atoms with Crippen LogP contribution in [0.4, 0.5) is 0 Å². The molecule has 0 amide bonds. The van der Waals surface area contributed by atoms with Crippen molar-refractivity contribution < 1.29 is 25.6 Å². The van der Waals surface area contributed by atoms with Crippen LogP contribution in [-0.2, 0) is 14.7 Å². The summed E-state index contributed by atoms with van der Waals surface area (Å²) in [6.45, 7) is 0. The van der Waals surface area contributed by atoms with E-state index in [0.29, 0.717) is 0 Å². The van der Waals surface area contributed by atoms with Gasteiger partial charge in [0.15, 0.2) is 0 Å². The third kappa shape index (κ3) is 49.4. The second kappa shape index (κ2) is 9.71. The maximum absolute atomic E-state index is 4.97. The molecule has 0 aromatic carbocycles. The molecule has 0 rings (SSSR count). The molecule has 0 aromatic rings. The molecule has 6 heavy (non-hydrogen) atoms. The summed E-state index contributed by atoms with van der Waals surface area (Å²) >= 11 is -1.92. The standard InChI is InChI=1S/3ClH.2H2O.Ti/h3*1H;2*1H2;/q;;;;;+3/p-3. The predicted octanol–water partition coefficient (Wildman–Crippen LogP) is 0.417. The van der Waals surface area contributed by atoms with Crippen molar-refractivity contribution in [1.82, 2.24) is 0 Å². The van der Waals surface area contributed by atoms with Crippen molar-refractivity contribution in [1.29, 1.82) is 0 Å². The Morgan fingerprint density at radius 1 is 0.833 bits per heavy atom. The van der Waals surface area contributed by atoms with Crippen LogP contribution in [0.25, 0.3) is 0 Å². The van der Waals surface area contributed by atoms with Crippen LogP contribution in [0.5, 0.6) is 0 Å². The molecule has 4 N–H and O–H groups in total. The zero-order chi connectivity index (χ0) is 3.58. The molecule has 41 valence electrons. The average Bonchev–Trinajstić information content (AvgIpc) is 0.811. The Bertz CT molecular complexity index is 13.5. The van der Waals surface area contributed by atoms with Crippen LogP contribution in [0.1, 0.15) is 0 Å². The Morgan fingerprint density at radius 3 is 0.833 bits per heavy atom. The fraction of sp³-hybridized carbons (Fsp3) is 0. The molecule has 0 radical (unpaired) electrons. The summed E-state index contributed by atoms with van der Waals surface area (Å²) in [5, 5.41) is 0. The van der Waals surface area contributed by atoms with Gasteiger partial charge in [0.1, 0.15) is 0 Å². The predicted molar refractivity (Wildman–Crippen MR) is 24.8 cm³/mol. The topological polar surface area (TPSA) is 63.0 Å². The van der Waals surface area contributed by atoms with Gasteiger partial charge in [-0.3, -0.25) is 0 Å². The van der Waals surface area contributed by atoms with Crippen molar-refractivity contribution in [3.63, 3.8) is 0 Å². The molecule has 0 heterocycles. The molecule has 0 aliphatic carbocycles. The number of halogens is 3. The summed E-state index contributed by atoms with van der Waals surface area (Å²) < 4.78 is 0. The molecule has 0 fully saturated rings. The Labute approximate surface area is 53.5 Å². The fourth-order valence-corrected chi connectivity index (χ4v) is 0.